The Bertz CT molecular complexity index is 841. The molecule has 1 amide bonds. The Balaban J connectivity index is 2.11. The molecule has 0 N–H and O–H groups in total. The molecular weight excluding hydrogens is 314 g/mol. The van der Waals surface area contributed by atoms with E-state index in [4.69, 9.17) is 0 Å². The average molecular weight is 335 g/mol. The molecule has 1 aliphatic heterocycles. The van der Waals surface area contributed by atoms with Crippen molar-refractivity contribution in [2.45, 2.75) is 43.8 Å². The Morgan fingerprint density at radius 2 is 2.13 bits per heavy atom. The number of nitrogens with zero attached hydrogens (tertiary/aromatic N) is 3. The van der Waals surface area contributed by atoms with Gasteiger partial charge in [-0.2, -0.15) is 0 Å². The van der Waals surface area contributed by atoms with Crippen molar-refractivity contribution in [1.82, 2.24) is 14.3 Å². The third-order valence-electron chi connectivity index (χ3n) is 4.41. The largest absolute Gasteiger partial charge is 0.334 e. The van der Waals surface area contributed by atoms with Crippen LogP contribution in [0.15, 0.2) is 29.6 Å². The highest BCUT2D eigenvalue weighted by molar-refractivity contribution is 7.90. The van der Waals surface area contributed by atoms with Gasteiger partial charge in [0.2, 0.25) is 15.0 Å². The van der Waals surface area contributed by atoms with E-state index >= 15 is 0 Å². The van der Waals surface area contributed by atoms with E-state index in [1.54, 1.807) is 24.4 Å². The predicted molar refractivity (Wildman–Crippen MR) is 87.3 cm³/mol. The van der Waals surface area contributed by atoms with Crippen LogP contribution in [0, 0.1) is 0 Å². The van der Waals surface area contributed by atoms with Crippen molar-refractivity contribution in [3.05, 3.63) is 30.1 Å². The summed E-state index contributed by atoms with van der Waals surface area (Å²) in [6.07, 6.45) is 6.74. The standard InChI is InChI=1S/C16H21N3O3S/c1-3-12-8-4-6-10-18(12)15(20)14-13-9-5-7-11-19(13)16(17-14)23(2,21)22/h5,7,9,11-12H,3-4,6,8,10H2,1-2H3. The van der Waals surface area contributed by atoms with E-state index in [2.05, 4.69) is 11.9 Å². The van der Waals surface area contributed by atoms with Gasteiger partial charge in [-0.25, -0.2) is 13.4 Å². The molecule has 1 aliphatic rings. The molecule has 2 aromatic heterocycles. The molecule has 0 radical (unpaired) electrons. The van der Waals surface area contributed by atoms with Crippen molar-refractivity contribution in [2.24, 2.45) is 0 Å². The number of rotatable bonds is 3. The molecule has 1 atom stereocenters. The topological polar surface area (TPSA) is 71.8 Å². The third-order valence-corrected chi connectivity index (χ3v) is 5.36. The monoisotopic (exact) mass is 335 g/mol. The van der Waals surface area contributed by atoms with Crippen LogP contribution in [0.1, 0.15) is 43.1 Å². The molecule has 0 saturated carbocycles. The number of carbonyl (C=O) groups excluding carboxylic acids is 1. The van der Waals surface area contributed by atoms with Crippen LogP contribution in [-0.2, 0) is 9.84 Å². The molecule has 0 spiro atoms. The summed E-state index contributed by atoms with van der Waals surface area (Å²) in [7, 11) is -3.51. The zero-order valence-corrected chi connectivity index (χ0v) is 14.2. The molecule has 1 unspecified atom stereocenters. The summed E-state index contributed by atoms with van der Waals surface area (Å²) < 4.78 is 25.4. The minimum atomic E-state index is -3.51. The molecule has 0 aliphatic carbocycles. The first-order valence-electron chi connectivity index (χ1n) is 7.91. The molecule has 3 heterocycles. The van der Waals surface area contributed by atoms with Gasteiger partial charge in [0.05, 0.1) is 5.52 Å². The van der Waals surface area contributed by atoms with E-state index in [1.165, 1.54) is 4.40 Å². The smallest absolute Gasteiger partial charge is 0.275 e. The quantitative estimate of drug-likeness (QED) is 0.861. The summed E-state index contributed by atoms with van der Waals surface area (Å²) in [5, 5.41) is -0.0819. The van der Waals surface area contributed by atoms with Gasteiger partial charge in [0.1, 0.15) is 0 Å². The number of piperidine rings is 1. The van der Waals surface area contributed by atoms with Crippen molar-refractivity contribution in [2.75, 3.05) is 12.8 Å². The molecule has 0 bridgehead atoms. The lowest BCUT2D eigenvalue weighted by Gasteiger charge is -2.34. The molecule has 1 fully saturated rings. The van der Waals surface area contributed by atoms with Gasteiger partial charge in [0.25, 0.3) is 5.91 Å². The molecule has 7 heteroatoms. The maximum absolute atomic E-state index is 13.0. The van der Waals surface area contributed by atoms with E-state index in [0.717, 1.165) is 31.9 Å². The lowest BCUT2D eigenvalue weighted by molar-refractivity contribution is 0.0604. The van der Waals surface area contributed by atoms with Crippen molar-refractivity contribution in [3.63, 3.8) is 0 Å². The fourth-order valence-corrected chi connectivity index (χ4v) is 4.03. The van der Waals surface area contributed by atoms with Crippen LogP contribution >= 0.6 is 0 Å². The van der Waals surface area contributed by atoms with E-state index < -0.39 is 9.84 Å². The lowest BCUT2D eigenvalue weighted by atomic mass is 9.99. The number of fused-ring (bicyclic) bond motifs is 1. The maximum atomic E-state index is 13.0. The fraction of sp³-hybridized carbons (Fsp3) is 0.500. The Labute approximate surface area is 136 Å². The molecule has 2 aromatic rings. The Morgan fingerprint density at radius 1 is 1.35 bits per heavy atom. The number of imidazole rings is 1. The summed E-state index contributed by atoms with van der Waals surface area (Å²) in [6, 6.07) is 5.46. The van der Waals surface area contributed by atoms with Crippen molar-refractivity contribution in [1.29, 1.82) is 0 Å². The molecule has 3 rings (SSSR count). The molecule has 23 heavy (non-hydrogen) atoms. The number of amides is 1. The van der Waals surface area contributed by atoms with E-state index in [1.807, 2.05) is 4.90 Å². The number of hydrogen-bond acceptors (Lipinski definition) is 4. The van der Waals surface area contributed by atoms with Gasteiger partial charge < -0.3 is 4.90 Å². The van der Waals surface area contributed by atoms with Gasteiger partial charge in [-0.3, -0.25) is 9.20 Å². The SMILES string of the molecule is CCC1CCCCN1C(=O)c1nc(S(C)(=O)=O)n2ccccc12. The Kier molecular flexibility index (Phi) is 4.14. The number of likely N-dealkylation sites (tertiary alicyclic amines) is 1. The zero-order chi connectivity index (χ0) is 16.6. The summed E-state index contributed by atoms with van der Waals surface area (Å²) in [5.74, 6) is -0.171. The minimum absolute atomic E-state index is 0.0819. The number of aromatic nitrogens is 2. The number of pyridine rings is 1. The average Bonchev–Trinajstić information content (AvgIpc) is 2.94. The Hall–Kier alpha value is -1.89. The summed E-state index contributed by atoms with van der Waals surface area (Å²) in [4.78, 5) is 19.0. The maximum Gasteiger partial charge on any atom is 0.275 e. The van der Waals surface area contributed by atoms with Crippen LogP contribution in [0.3, 0.4) is 0 Å². The van der Waals surface area contributed by atoms with Gasteiger partial charge in [0.15, 0.2) is 5.69 Å². The number of sulfone groups is 1. The predicted octanol–water partition coefficient (Wildman–Crippen LogP) is 2.14. The number of carbonyl (C=O) groups is 1. The van der Waals surface area contributed by atoms with E-state index in [-0.39, 0.29) is 22.8 Å². The summed E-state index contributed by atoms with van der Waals surface area (Å²) in [6.45, 7) is 2.78. The van der Waals surface area contributed by atoms with Crippen LogP contribution in [0.25, 0.3) is 5.52 Å². The molecule has 124 valence electrons. The summed E-state index contributed by atoms with van der Waals surface area (Å²) in [5.41, 5.74) is 0.768. The highest BCUT2D eigenvalue weighted by Gasteiger charge is 2.30. The molecule has 0 aromatic carbocycles. The van der Waals surface area contributed by atoms with Crippen LogP contribution in [0.5, 0.6) is 0 Å². The van der Waals surface area contributed by atoms with Gasteiger partial charge in [-0.1, -0.05) is 13.0 Å². The molecule has 6 nitrogen and oxygen atoms in total. The zero-order valence-electron chi connectivity index (χ0n) is 13.4. The van der Waals surface area contributed by atoms with E-state index in [0.29, 0.717) is 12.1 Å². The van der Waals surface area contributed by atoms with Gasteiger partial charge >= 0.3 is 0 Å². The van der Waals surface area contributed by atoms with Crippen LogP contribution in [0.2, 0.25) is 0 Å². The number of hydrogen-bond donors (Lipinski definition) is 0. The molecular formula is C16H21N3O3S. The second kappa shape index (κ2) is 5.96. The third kappa shape index (κ3) is 2.85. The summed E-state index contributed by atoms with van der Waals surface area (Å²) >= 11 is 0. The van der Waals surface area contributed by atoms with Crippen molar-refractivity contribution >= 4 is 21.3 Å². The second-order valence-corrected chi connectivity index (χ2v) is 7.94. The first-order chi connectivity index (χ1) is 10.9. The van der Waals surface area contributed by atoms with Gasteiger partial charge in [-0.05, 0) is 37.8 Å². The highest BCUT2D eigenvalue weighted by atomic mass is 32.2. The first kappa shape index (κ1) is 16.0. The fourth-order valence-electron chi connectivity index (χ4n) is 3.26. The first-order valence-corrected chi connectivity index (χ1v) is 9.80. The van der Waals surface area contributed by atoms with Gasteiger partial charge in [0, 0.05) is 25.0 Å². The molecule has 1 saturated heterocycles. The highest BCUT2D eigenvalue weighted by Crippen LogP contribution is 2.24. The van der Waals surface area contributed by atoms with Crippen LogP contribution < -0.4 is 0 Å². The lowest BCUT2D eigenvalue weighted by Crippen LogP contribution is -2.43. The van der Waals surface area contributed by atoms with Crippen LogP contribution in [0.4, 0.5) is 0 Å². The van der Waals surface area contributed by atoms with Gasteiger partial charge in [-0.15, -0.1) is 0 Å². The Morgan fingerprint density at radius 3 is 2.83 bits per heavy atom. The normalized spacial score (nSPS) is 19.2. The van der Waals surface area contributed by atoms with Crippen molar-refractivity contribution in [3.8, 4) is 0 Å². The second-order valence-electron chi connectivity index (χ2n) is 6.03. The van der Waals surface area contributed by atoms with E-state index in [9.17, 15) is 13.2 Å². The van der Waals surface area contributed by atoms with Crippen molar-refractivity contribution < 1.29 is 13.2 Å². The van der Waals surface area contributed by atoms with Crippen LogP contribution in [-0.4, -0.2) is 47.5 Å². The minimum Gasteiger partial charge on any atom is -0.334 e.